The summed E-state index contributed by atoms with van der Waals surface area (Å²) in [5.41, 5.74) is 0. The van der Waals surface area contributed by atoms with Crippen LogP contribution in [0.3, 0.4) is 0 Å². The molecule has 0 unspecified atom stereocenters. The van der Waals surface area contributed by atoms with Crippen molar-refractivity contribution in [1.29, 1.82) is 0 Å². The largest absolute Gasteiger partial charge is 0.463 e. The van der Waals surface area contributed by atoms with Gasteiger partial charge in [-0.1, -0.05) is 13.3 Å². The highest BCUT2D eigenvalue weighted by Crippen LogP contribution is 1.90. The van der Waals surface area contributed by atoms with Crippen molar-refractivity contribution in [2.75, 3.05) is 19.8 Å². The van der Waals surface area contributed by atoms with Gasteiger partial charge in [0.2, 0.25) is 0 Å². The third-order valence-electron chi connectivity index (χ3n) is 1.43. The second-order valence-electron chi connectivity index (χ2n) is 2.75. The molecule has 0 atom stereocenters. The fourth-order valence-electron chi connectivity index (χ4n) is 0.696. The second kappa shape index (κ2) is 9.21. The average molecular weight is 216 g/mol. The zero-order valence-electron chi connectivity index (χ0n) is 8.77. The molecule has 1 N–H and O–H groups in total. The van der Waals surface area contributed by atoms with E-state index < -0.39 is 11.9 Å². The molecular formula is C10H16O5. The summed E-state index contributed by atoms with van der Waals surface area (Å²) in [6.07, 6.45) is 3.73. The van der Waals surface area contributed by atoms with Gasteiger partial charge in [0.1, 0.15) is 6.61 Å². The van der Waals surface area contributed by atoms with Crippen molar-refractivity contribution < 1.29 is 24.2 Å². The third kappa shape index (κ3) is 8.96. The van der Waals surface area contributed by atoms with Gasteiger partial charge in [-0.05, 0) is 6.42 Å². The van der Waals surface area contributed by atoms with Crippen molar-refractivity contribution in [1.82, 2.24) is 0 Å². The van der Waals surface area contributed by atoms with Crippen molar-refractivity contribution in [3.8, 4) is 0 Å². The molecule has 0 saturated carbocycles. The van der Waals surface area contributed by atoms with Gasteiger partial charge in [0, 0.05) is 12.2 Å². The molecule has 0 aromatic carbocycles. The van der Waals surface area contributed by atoms with E-state index >= 15 is 0 Å². The highest BCUT2D eigenvalue weighted by Gasteiger charge is 1.99. The van der Waals surface area contributed by atoms with Crippen LogP contribution in [0.2, 0.25) is 0 Å². The minimum absolute atomic E-state index is 0.0753. The minimum Gasteiger partial charge on any atom is -0.463 e. The number of aliphatic hydroxyl groups excluding tert-OH is 1. The molecule has 0 aromatic rings. The lowest BCUT2D eigenvalue weighted by atomic mass is 10.4. The van der Waals surface area contributed by atoms with E-state index in [1.807, 2.05) is 6.92 Å². The fraction of sp³-hybridized carbons (Fsp3) is 0.600. The molecule has 5 nitrogen and oxygen atoms in total. The highest BCUT2D eigenvalue weighted by atomic mass is 16.5. The lowest BCUT2D eigenvalue weighted by molar-refractivity contribution is -0.141. The van der Waals surface area contributed by atoms with E-state index in [0.717, 1.165) is 25.0 Å². The monoisotopic (exact) mass is 216 g/mol. The normalized spacial score (nSPS) is 10.3. The summed E-state index contributed by atoms with van der Waals surface area (Å²) in [6, 6.07) is 0. The standard InChI is InChI=1S/C10H16O5/c1-2-3-7-14-9(12)4-5-10(13)15-8-6-11/h4-5,11H,2-3,6-8H2,1H3. The van der Waals surface area contributed by atoms with Gasteiger partial charge < -0.3 is 14.6 Å². The molecule has 86 valence electrons. The third-order valence-corrected chi connectivity index (χ3v) is 1.43. The number of carbonyl (C=O) groups is 2. The number of aliphatic hydroxyl groups is 1. The number of hydrogen-bond acceptors (Lipinski definition) is 5. The first kappa shape index (κ1) is 13.6. The molecule has 0 bridgehead atoms. The maximum absolute atomic E-state index is 10.9. The molecule has 0 heterocycles. The summed E-state index contributed by atoms with van der Waals surface area (Å²) < 4.78 is 9.24. The average Bonchev–Trinajstić information content (AvgIpc) is 2.24. The molecule has 0 fully saturated rings. The Hall–Kier alpha value is -1.36. The van der Waals surface area contributed by atoms with Crippen LogP contribution in [0.4, 0.5) is 0 Å². The molecule has 0 aliphatic rings. The second-order valence-corrected chi connectivity index (χ2v) is 2.75. The molecule has 0 aromatic heterocycles. The van der Waals surface area contributed by atoms with Gasteiger partial charge in [-0.25, -0.2) is 9.59 Å². The van der Waals surface area contributed by atoms with Crippen LogP contribution < -0.4 is 0 Å². The number of ether oxygens (including phenoxy) is 2. The molecule has 0 amide bonds. The lowest BCUT2D eigenvalue weighted by Gasteiger charge is -1.99. The zero-order valence-corrected chi connectivity index (χ0v) is 8.77. The molecule has 0 rings (SSSR count). The molecule has 0 aliphatic carbocycles. The van der Waals surface area contributed by atoms with Crippen molar-refractivity contribution in [3.63, 3.8) is 0 Å². The maximum atomic E-state index is 10.9. The highest BCUT2D eigenvalue weighted by molar-refractivity contribution is 5.91. The SMILES string of the molecule is CCCCOC(=O)C=CC(=O)OCCO. The Morgan fingerprint density at radius 2 is 1.67 bits per heavy atom. The van der Waals surface area contributed by atoms with Crippen molar-refractivity contribution in [2.24, 2.45) is 0 Å². The summed E-state index contributed by atoms with van der Waals surface area (Å²) >= 11 is 0. The molecule has 0 spiro atoms. The van der Waals surface area contributed by atoms with E-state index in [1.165, 1.54) is 0 Å². The van der Waals surface area contributed by atoms with Crippen LogP contribution in [0.25, 0.3) is 0 Å². The van der Waals surface area contributed by atoms with Crippen molar-refractivity contribution >= 4 is 11.9 Å². The van der Waals surface area contributed by atoms with E-state index in [-0.39, 0.29) is 13.2 Å². The van der Waals surface area contributed by atoms with Gasteiger partial charge in [-0.3, -0.25) is 0 Å². The van der Waals surface area contributed by atoms with E-state index in [2.05, 4.69) is 4.74 Å². The van der Waals surface area contributed by atoms with E-state index in [0.29, 0.717) is 6.61 Å². The van der Waals surface area contributed by atoms with Crippen LogP contribution in [0.5, 0.6) is 0 Å². The smallest absolute Gasteiger partial charge is 0.331 e. The molecule has 5 heteroatoms. The van der Waals surface area contributed by atoms with Crippen molar-refractivity contribution in [3.05, 3.63) is 12.2 Å². The van der Waals surface area contributed by atoms with Gasteiger partial charge in [0.25, 0.3) is 0 Å². The molecule has 0 aliphatic heterocycles. The van der Waals surface area contributed by atoms with E-state index in [9.17, 15) is 9.59 Å². The lowest BCUT2D eigenvalue weighted by Crippen LogP contribution is -2.07. The summed E-state index contributed by atoms with van der Waals surface area (Å²) in [7, 11) is 0. The summed E-state index contributed by atoms with van der Waals surface area (Å²) in [5.74, 6) is -1.24. The number of hydrogen-bond donors (Lipinski definition) is 1. The predicted molar refractivity (Wildman–Crippen MR) is 53.1 cm³/mol. The minimum atomic E-state index is -0.670. The quantitative estimate of drug-likeness (QED) is 0.379. The Balaban J connectivity index is 3.65. The molecular weight excluding hydrogens is 200 g/mol. The van der Waals surface area contributed by atoms with Gasteiger partial charge in [-0.15, -0.1) is 0 Å². The van der Waals surface area contributed by atoms with Crippen LogP contribution in [0, 0.1) is 0 Å². The Kier molecular flexibility index (Phi) is 8.37. The number of rotatable bonds is 7. The van der Waals surface area contributed by atoms with Crippen LogP contribution in [0.1, 0.15) is 19.8 Å². The Labute approximate surface area is 88.7 Å². The first-order valence-corrected chi connectivity index (χ1v) is 4.83. The zero-order chi connectivity index (χ0) is 11.5. The fourth-order valence-corrected chi connectivity index (χ4v) is 0.696. The van der Waals surface area contributed by atoms with Crippen LogP contribution in [-0.4, -0.2) is 36.9 Å². The van der Waals surface area contributed by atoms with E-state index in [1.54, 1.807) is 0 Å². The van der Waals surface area contributed by atoms with Gasteiger partial charge in [-0.2, -0.15) is 0 Å². The summed E-state index contributed by atoms with van der Waals surface area (Å²) in [4.78, 5) is 21.7. The first-order valence-electron chi connectivity index (χ1n) is 4.83. The number of carbonyl (C=O) groups excluding carboxylic acids is 2. The first-order chi connectivity index (χ1) is 7.20. The van der Waals surface area contributed by atoms with Crippen LogP contribution in [0.15, 0.2) is 12.2 Å². The Morgan fingerprint density at radius 1 is 1.13 bits per heavy atom. The predicted octanol–water partition coefficient (Wildman–Crippen LogP) is 0.421. The maximum Gasteiger partial charge on any atom is 0.331 e. The van der Waals surface area contributed by atoms with Crippen LogP contribution >= 0.6 is 0 Å². The van der Waals surface area contributed by atoms with E-state index in [4.69, 9.17) is 9.84 Å². The number of esters is 2. The van der Waals surface area contributed by atoms with Gasteiger partial charge >= 0.3 is 11.9 Å². The van der Waals surface area contributed by atoms with Crippen molar-refractivity contribution in [2.45, 2.75) is 19.8 Å². The summed E-state index contributed by atoms with van der Waals surface area (Å²) in [5, 5.41) is 8.34. The Morgan fingerprint density at radius 3 is 2.13 bits per heavy atom. The number of unbranched alkanes of at least 4 members (excludes halogenated alkanes) is 1. The Bertz CT molecular complexity index is 222. The van der Waals surface area contributed by atoms with Crippen LogP contribution in [-0.2, 0) is 19.1 Å². The molecule has 15 heavy (non-hydrogen) atoms. The molecule has 0 saturated heterocycles. The summed E-state index contributed by atoms with van der Waals surface area (Å²) in [6.45, 7) is 2.02. The van der Waals surface area contributed by atoms with Gasteiger partial charge in [0.15, 0.2) is 0 Å². The molecule has 0 radical (unpaired) electrons. The van der Waals surface area contributed by atoms with Gasteiger partial charge in [0.05, 0.1) is 13.2 Å². The topological polar surface area (TPSA) is 72.8 Å².